The topological polar surface area (TPSA) is 214 Å². The smallest absolute Gasteiger partial charge is 0.246 e. The minimum Gasteiger partial charge on any atom is -0.754 e. The molecule has 0 spiro atoms. The summed E-state index contributed by atoms with van der Waals surface area (Å²) < 4.78 is 70.4. The van der Waals surface area contributed by atoms with Crippen molar-refractivity contribution in [2.45, 2.75) is 84.3 Å². The van der Waals surface area contributed by atoms with E-state index in [-0.39, 0.29) is 62.9 Å². The lowest BCUT2D eigenvalue weighted by atomic mass is 9.85. The summed E-state index contributed by atoms with van der Waals surface area (Å²) in [5.74, 6) is -4.11. The number of aromatic nitrogens is 3. The number of pyridine rings is 1. The molecule has 1 unspecified atom stereocenters. The van der Waals surface area contributed by atoms with Gasteiger partial charge in [0.1, 0.15) is 35.4 Å². The van der Waals surface area contributed by atoms with E-state index < -0.39 is 75.6 Å². The van der Waals surface area contributed by atoms with Crippen molar-refractivity contribution in [3.05, 3.63) is 119 Å². The van der Waals surface area contributed by atoms with Gasteiger partial charge in [-0.3, -0.25) is 28.3 Å². The van der Waals surface area contributed by atoms with Crippen LogP contribution in [0.25, 0.3) is 32.6 Å². The number of ketones is 1. The van der Waals surface area contributed by atoms with Gasteiger partial charge < -0.3 is 40.0 Å². The SMILES string of the molecule is Cc1ncsc1-c1ccc(CNC(=O)[C@@H]2C[C@@H](O)CN2C(=O)[C@@H](NC(=O)CN2CCN(CC3CCN(c4ccc(-c5cnc6[nH]cc(C(=O)c7c(F)ccc(N(N8CC[C@@H](F)C8)S(=O)[O-])c7F)c6c5)cc4)CC3)CC2)C(C)(C)C)cc1. The summed E-state index contributed by atoms with van der Waals surface area (Å²) in [7, 11) is 0. The molecule has 10 rings (SSSR count). The maximum absolute atomic E-state index is 16.1. The fourth-order valence-electron chi connectivity index (χ4n) is 11.5. The number of aromatic amines is 1. The highest BCUT2D eigenvalue weighted by Gasteiger charge is 2.45. The van der Waals surface area contributed by atoms with Gasteiger partial charge in [-0.25, -0.2) is 32.6 Å². The number of hydrazine groups is 1. The number of carbonyl (C=O) groups is 4. The number of rotatable bonds is 17. The fourth-order valence-corrected chi connectivity index (χ4v) is 12.9. The molecule has 3 aromatic carbocycles. The summed E-state index contributed by atoms with van der Waals surface area (Å²) in [5, 5.41) is 18.1. The van der Waals surface area contributed by atoms with Crippen molar-refractivity contribution < 1.29 is 46.2 Å². The summed E-state index contributed by atoms with van der Waals surface area (Å²) in [6, 6.07) is 17.5. The Bertz CT molecular complexity index is 3290. The van der Waals surface area contributed by atoms with Gasteiger partial charge in [0.2, 0.25) is 23.5 Å². The zero-order valence-corrected chi connectivity index (χ0v) is 47.3. The minimum absolute atomic E-state index is 0.00187. The summed E-state index contributed by atoms with van der Waals surface area (Å²) >= 11 is -1.51. The lowest BCUT2D eigenvalue weighted by Crippen LogP contribution is -2.59. The van der Waals surface area contributed by atoms with Crippen LogP contribution in [-0.2, 0) is 32.2 Å². The van der Waals surface area contributed by atoms with Gasteiger partial charge in [0.25, 0.3) is 0 Å². The van der Waals surface area contributed by atoms with Crippen molar-refractivity contribution in [1.82, 2.24) is 45.3 Å². The summed E-state index contributed by atoms with van der Waals surface area (Å²) in [4.78, 5) is 76.5. The molecule has 7 heterocycles. The van der Waals surface area contributed by atoms with Crippen molar-refractivity contribution in [2.24, 2.45) is 11.3 Å². The number of benzene rings is 3. The monoisotopic (exact) mass is 1150 g/mol. The highest BCUT2D eigenvalue weighted by molar-refractivity contribution is 7.80. The number of thiazole rings is 1. The molecule has 4 saturated heterocycles. The Morgan fingerprint density at radius 3 is 2.26 bits per heavy atom. The number of amides is 3. The first kappa shape index (κ1) is 57.6. The van der Waals surface area contributed by atoms with Gasteiger partial charge >= 0.3 is 0 Å². The molecule has 5 atom stereocenters. The Balaban J connectivity index is 0.683. The number of piperidine rings is 1. The number of nitrogens with zero attached hydrogens (tertiary/aromatic N) is 8. The van der Waals surface area contributed by atoms with Crippen LogP contribution in [0.4, 0.5) is 24.5 Å². The Morgan fingerprint density at radius 2 is 1.60 bits per heavy atom. The third kappa shape index (κ3) is 12.9. The van der Waals surface area contributed by atoms with Gasteiger partial charge in [-0.1, -0.05) is 57.2 Å². The molecule has 6 aromatic rings. The van der Waals surface area contributed by atoms with Crippen molar-refractivity contribution in [2.75, 3.05) is 81.3 Å². The molecule has 81 heavy (non-hydrogen) atoms. The van der Waals surface area contributed by atoms with Gasteiger partial charge in [0.05, 0.1) is 52.1 Å². The lowest BCUT2D eigenvalue weighted by Gasteiger charge is -2.39. The number of hydrogen-bond donors (Lipinski definition) is 4. The second kappa shape index (κ2) is 24.5. The number of halogens is 3. The molecule has 4 fully saturated rings. The number of nitrogens with one attached hydrogen (secondary N) is 3. The summed E-state index contributed by atoms with van der Waals surface area (Å²) in [5.41, 5.74) is 5.28. The van der Waals surface area contributed by atoms with Crippen molar-refractivity contribution in [3.63, 3.8) is 0 Å². The second-order valence-corrected chi connectivity index (χ2v) is 24.3. The van der Waals surface area contributed by atoms with Crippen LogP contribution in [-0.4, -0.2) is 168 Å². The third-order valence-electron chi connectivity index (χ3n) is 16.0. The molecule has 0 bridgehead atoms. The Morgan fingerprint density at radius 1 is 0.901 bits per heavy atom. The van der Waals surface area contributed by atoms with E-state index in [1.807, 2.05) is 81.7 Å². The number of fused-ring (bicyclic) bond motifs is 1. The lowest BCUT2D eigenvalue weighted by molar-refractivity contribution is -0.144. The Labute approximate surface area is 475 Å². The van der Waals surface area contributed by atoms with E-state index in [1.54, 1.807) is 23.6 Å². The molecule has 4 aliphatic heterocycles. The first-order valence-corrected chi connectivity index (χ1v) is 29.3. The number of aryl methyl sites for hydroxylation is 1. The van der Waals surface area contributed by atoms with Gasteiger partial charge in [0.15, 0.2) is 5.82 Å². The number of aliphatic hydroxyl groups is 1. The van der Waals surface area contributed by atoms with Gasteiger partial charge in [-0.05, 0) is 84.5 Å². The van der Waals surface area contributed by atoms with E-state index in [9.17, 15) is 37.4 Å². The molecule has 18 nitrogen and oxygen atoms in total. The molecule has 4 N–H and O–H groups in total. The number of likely N-dealkylation sites (tertiary alicyclic amines) is 1. The van der Waals surface area contributed by atoms with E-state index in [0.717, 1.165) is 95.7 Å². The van der Waals surface area contributed by atoms with Crippen LogP contribution in [0.2, 0.25) is 0 Å². The van der Waals surface area contributed by atoms with Crippen LogP contribution in [0.3, 0.4) is 0 Å². The normalized spacial score (nSPS) is 20.4. The highest BCUT2D eigenvalue weighted by atomic mass is 32.2. The number of alkyl halides is 1. The fraction of sp³-hybridized carbons (Fsp3) is 0.448. The Kier molecular flexibility index (Phi) is 17.4. The third-order valence-corrected chi connectivity index (χ3v) is 17.7. The average Bonchev–Trinajstić information content (AvgIpc) is 4.32. The zero-order chi connectivity index (χ0) is 57.3. The first-order chi connectivity index (χ1) is 38.8. The molecule has 3 aromatic heterocycles. The summed E-state index contributed by atoms with van der Waals surface area (Å²) in [6.45, 7) is 13.4. The van der Waals surface area contributed by atoms with E-state index in [2.05, 4.69) is 40.3 Å². The van der Waals surface area contributed by atoms with Gasteiger partial charge in [-0.2, -0.15) is 0 Å². The van der Waals surface area contributed by atoms with Gasteiger partial charge in [0, 0.05) is 106 Å². The van der Waals surface area contributed by atoms with Crippen LogP contribution in [0.15, 0.2) is 84.6 Å². The zero-order valence-electron chi connectivity index (χ0n) is 45.7. The van der Waals surface area contributed by atoms with Crippen LogP contribution in [0.1, 0.15) is 73.6 Å². The van der Waals surface area contributed by atoms with Crippen molar-refractivity contribution in [3.8, 4) is 21.6 Å². The average molecular weight is 1150 g/mol. The standard InChI is InChI=1S/C58H68F3N11O7S2/c1-35-53(80-34-65-35)39-7-5-36(6-8-39)27-64-56(76)48-26-43(73)32-71(48)57(77)54(58(2,3)4)66-49(74)33-68-23-21-67(22-24-68)30-37-15-18-69(19-16-37)42-11-9-38(10-12-42)40-25-44-45(29-63-55(44)62-28-40)52(75)50-46(60)13-14-47(51(50)61)72(81(78)79)70-20-17-41(59)31-70/h5-14,25,28-29,34,37,41,43,48,54,73H,15-24,26-27,30-33H2,1-4H3,(H,62,63)(H,64,76)(H,66,74)(H,78,79)/p-1/t41-,43-,48+,54-/m1/s1. The molecular formula is C58H67F3N11O7S2-. The van der Waals surface area contributed by atoms with Crippen LogP contribution in [0.5, 0.6) is 0 Å². The van der Waals surface area contributed by atoms with Gasteiger partial charge in [-0.15, -0.1) is 11.3 Å². The maximum atomic E-state index is 16.1. The molecule has 4 aliphatic rings. The predicted octanol–water partition coefficient (Wildman–Crippen LogP) is 6.37. The number of carbonyl (C=O) groups excluding carboxylic acids is 4. The van der Waals surface area contributed by atoms with Crippen LogP contribution in [0, 0.1) is 29.9 Å². The highest BCUT2D eigenvalue weighted by Crippen LogP contribution is 2.35. The molecular weight excluding hydrogens is 1080 g/mol. The van der Waals surface area contributed by atoms with E-state index in [0.29, 0.717) is 40.0 Å². The Hall–Kier alpha value is -6.60. The summed E-state index contributed by atoms with van der Waals surface area (Å²) in [6.07, 6.45) is 2.90. The number of hydrogen-bond acceptors (Lipinski definition) is 14. The van der Waals surface area contributed by atoms with E-state index in [1.165, 1.54) is 11.1 Å². The molecule has 430 valence electrons. The van der Waals surface area contributed by atoms with Crippen molar-refractivity contribution in [1.29, 1.82) is 0 Å². The van der Waals surface area contributed by atoms with Crippen LogP contribution >= 0.6 is 11.3 Å². The van der Waals surface area contributed by atoms with E-state index >= 15 is 8.78 Å². The molecule has 23 heteroatoms. The maximum Gasteiger partial charge on any atom is 0.246 e. The molecule has 0 radical (unpaired) electrons. The number of β-amino-alcohol motifs (C(OH)–C–C–N with tert-alkyl or cyclic N) is 1. The number of H-pyrrole nitrogens is 1. The number of aliphatic hydroxyl groups excluding tert-OH is 1. The number of piperazine rings is 1. The van der Waals surface area contributed by atoms with Crippen LogP contribution < -0.4 is 19.9 Å². The number of anilines is 2. The second-order valence-electron chi connectivity index (χ2n) is 22.7. The van der Waals surface area contributed by atoms with Crippen molar-refractivity contribution >= 4 is 68.5 Å². The molecule has 3 amide bonds. The molecule has 0 aliphatic carbocycles. The molecule has 0 saturated carbocycles. The minimum atomic E-state index is -3.08. The quantitative estimate of drug-likeness (QED) is 0.0578. The predicted molar refractivity (Wildman–Crippen MR) is 303 cm³/mol. The first-order valence-electron chi connectivity index (χ1n) is 27.4. The largest absolute Gasteiger partial charge is 0.754 e. The van der Waals surface area contributed by atoms with E-state index in [4.69, 9.17) is 0 Å².